The molecule has 0 saturated carbocycles. The summed E-state index contributed by atoms with van der Waals surface area (Å²) in [4.78, 5) is 24.2. The minimum Gasteiger partial charge on any atom is -0.481 e. The van der Waals surface area contributed by atoms with Crippen molar-refractivity contribution >= 4 is 11.8 Å². The summed E-state index contributed by atoms with van der Waals surface area (Å²) < 4.78 is 0. The van der Waals surface area contributed by atoms with E-state index in [0.29, 0.717) is 6.42 Å². The predicted octanol–water partition coefficient (Wildman–Crippen LogP) is 1.93. The molecule has 16 heavy (non-hydrogen) atoms. The number of nitrogens with zero attached hydrogens (tertiary/aromatic N) is 1. The van der Waals surface area contributed by atoms with Gasteiger partial charge in [-0.25, -0.2) is 0 Å². The lowest BCUT2D eigenvalue weighted by Crippen LogP contribution is -2.48. The fourth-order valence-corrected chi connectivity index (χ4v) is 2.14. The third kappa shape index (κ3) is 4.75. The van der Waals surface area contributed by atoms with Gasteiger partial charge in [-0.2, -0.15) is 0 Å². The molecule has 1 unspecified atom stereocenters. The van der Waals surface area contributed by atoms with Crippen molar-refractivity contribution in [3.8, 4) is 0 Å². The molecule has 94 valence electrons. The molecule has 0 aromatic heterocycles. The summed E-state index contributed by atoms with van der Waals surface area (Å²) in [5.74, 6) is -0.803. The molecule has 0 aromatic carbocycles. The first kappa shape index (κ1) is 15.1. The largest absolute Gasteiger partial charge is 0.481 e. The number of Topliss-reactive ketones (excluding diaryl/α,β-unsaturated/α-hetero) is 1. The fourth-order valence-electron chi connectivity index (χ4n) is 2.14. The van der Waals surface area contributed by atoms with Gasteiger partial charge >= 0.3 is 5.97 Å². The quantitative estimate of drug-likeness (QED) is 0.724. The molecule has 0 aliphatic carbocycles. The van der Waals surface area contributed by atoms with Crippen LogP contribution < -0.4 is 0 Å². The maximum Gasteiger partial charge on any atom is 0.303 e. The van der Waals surface area contributed by atoms with Crippen molar-refractivity contribution in [3.05, 3.63) is 0 Å². The molecule has 4 nitrogen and oxygen atoms in total. The normalized spacial score (nSPS) is 13.5. The van der Waals surface area contributed by atoms with E-state index in [4.69, 9.17) is 5.11 Å². The standard InChI is InChI=1S/C12H23NO3/c1-8(2)13(9(3)4)11(10(5)14)6-7-12(15)16/h8-9,11H,6-7H2,1-5H3,(H,15,16). The van der Waals surface area contributed by atoms with E-state index < -0.39 is 5.97 Å². The summed E-state index contributed by atoms with van der Waals surface area (Å²) >= 11 is 0. The van der Waals surface area contributed by atoms with Gasteiger partial charge in [-0.1, -0.05) is 0 Å². The molecule has 1 atom stereocenters. The SMILES string of the molecule is CC(=O)C(CCC(=O)O)N(C(C)C)C(C)C. The smallest absolute Gasteiger partial charge is 0.303 e. The lowest BCUT2D eigenvalue weighted by atomic mass is 10.0. The molecule has 0 heterocycles. The van der Waals surface area contributed by atoms with Crippen LogP contribution in [0.3, 0.4) is 0 Å². The Morgan fingerprint density at radius 1 is 1.12 bits per heavy atom. The van der Waals surface area contributed by atoms with Crippen molar-refractivity contribution in [1.29, 1.82) is 0 Å². The van der Waals surface area contributed by atoms with E-state index in [-0.39, 0.29) is 30.3 Å². The van der Waals surface area contributed by atoms with Crippen LogP contribution >= 0.6 is 0 Å². The Balaban J connectivity index is 4.71. The first-order valence-corrected chi connectivity index (χ1v) is 5.77. The second-order valence-electron chi connectivity index (χ2n) is 4.69. The van der Waals surface area contributed by atoms with E-state index in [1.165, 1.54) is 6.92 Å². The average molecular weight is 229 g/mol. The molecule has 0 saturated heterocycles. The van der Waals surface area contributed by atoms with Crippen LogP contribution in [0.15, 0.2) is 0 Å². The van der Waals surface area contributed by atoms with E-state index in [0.717, 1.165) is 0 Å². The van der Waals surface area contributed by atoms with Crippen molar-refractivity contribution in [2.24, 2.45) is 0 Å². The number of aliphatic carboxylic acids is 1. The van der Waals surface area contributed by atoms with Crippen molar-refractivity contribution < 1.29 is 14.7 Å². The van der Waals surface area contributed by atoms with Crippen LogP contribution in [0, 0.1) is 0 Å². The molecule has 1 N–H and O–H groups in total. The average Bonchev–Trinajstić information content (AvgIpc) is 2.09. The van der Waals surface area contributed by atoms with Crippen molar-refractivity contribution in [1.82, 2.24) is 4.90 Å². The Morgan fingerprint density at radius 2 is 1.56 bits per heavy atom. The van der Waals surface area contributed by atoms with Crippen molar-refractivity contribution in [2.75, 3.05) is 0 Å². The summed E-state index contributed by atoms with van der Waals surface area (Å²) in [7, 11) is 0. The molecule has 0 fully saturated rings. The topological polar surface area (TPSA) is 57.6 Å². The number of ketones is 1. The summed E-state index contributed by atoms with van der Waals surface area (Å²) in [5, 5.41) is 8.67. The summed E-state index contributed by atoms with van der Waals surface area (Å²) in [6.07, 6.45) is 0.432. The highest BCUT2D eigenvalue weighted by Crippen LogP contribution is 2.16. The van der Waals surface area contributed by atoms with Gasteiger partial charge in [0.1, 0.15) is 5.78 Å². The minimum atomic E-state index is -0.848. The zero-order valence-electron chi connectivity index (χ0n) is 10.9. The van der Waals surface area contributed by atoms with Gasteiger partial charge in [0.15, 0.2) is 0 Å². The van der Waals surface area contributed by atoms with Crippen LogP contribution in [-0.2, 0) is 9.59 Å². The highest BCUT2D eigenvalue weighted by atomic mass is 16.4. The molecule has 0 aromatic rings. The summed E-state index contributed by atoms with van der Waals surface area (Å²) in [5.41, 5.74) is 0. The van der Waals surface area contributed by atoms with Gasteiger partial charge in [-0.05, 0) is 41.0 Å². The lowest BCUT2D eigenvalue weighted by molar-refractivity contribution is -0.137. The number of carboxylic acid groups (broad SMARTS) is 1. The number of hydrogen-bond acceptors (Lipinski definition) is 3. The Labute approximate surface area is 97.6 Å². The molecular formula is C12H23NO3. The summed E-state index contributed by atoms with van der Waals surface area (Å²) in [6, 6.07) is 0.196. The Morgan fingerprint density at radius 3 is 1.81 bits per heavy atom. The van der Waals surface area contributed by atoms with E-state index in [9.17, 15) is 9.59 Å². The van der Waals surface area contributed by atoms with Gasteiger partial charge < -0.3 is 5.11 Å². The van der Waals surface area contributed by atoms with Gasteiger partial charge in [-0.15, -0.1) is 0 Å². The third-order valence-electron chi connectivity index (χ3n) is 2.65. The number of carboxylic acids is 1. The van der Waals surface area contributed by atoms with Gasteiger partial charge in [0, 0.05) is 18.5 Å². The van der Waals surface area contributed by atoms with E-state index >= 15 is 0 Å². The van der Waals surface area contributed by atoms with E-state index in [1.54, 1.807) is 0 Å². The number of rotatable bonds is 7. The van der Waals surface area contributed by atoms with Crippen LogP contribution in [0.1, 0.15) is 47.5 Å². The van der Waals surface area contributed by atoms with E-state index in [2.05, 4.69) is 4.90 Å². The highest BCUT2D eigenvalue weighted by Gasteiger charge is 2.27. The number of carbonyl (C=O) groups excluding carboxylic acids is 1. The van der Waals surface area contributed by atoms with Crippen LogP contribution in [0.2, 0.25) is 0 Å². The van der Waals surface area contributed by atoms with Crippen molar-refractivity contribution in [2.45, 2.75) is 65.6 Å². The van der Waals surface area contributed by atoms with Crippen LogP contribution in [0.5, 0.6) is 0 Å². The zero-order valence-corrected chi connectivity index (χ0v) is 10.9. The molecule has 0 amide bonds. The minimum absolute atomic E-state index is 0.0419. The first-order chi connectivity index (χ1) is 7.27. The van der Waals surface area contributed by atoms with Crippen LogP contribution in [0.25, 0.3) is 0 Å². The fraction of sp³-hybridized carbons (Fsp3) is 0.833. The monoisotopic (exact) mass is 229 g/mol. The molecule has 0 bridgehead atoms. The molecule has 0 rings (SSSR count). The van der Waals surface area contributed by atoms with Crippen LogP contribution in [0.4, 0.5) is 0 Å². The Kier molecular flexibility index (Phi) is 6.26. The highest BCUT2D eigenvalue weighted by molar-refractivity contribution is 5.82. The Hall–Kier alpha value is -0.900. The van der Waals surface area contributed by atoms with Gasteiger partial charge in [0.25, 0.3) is 0 Å². The molecule has 0 aliphatic heterocycles. The Bertz CT molecular complexity index is 241. The maximum atomic E-state index is 11.6. The van der Waals surface area contributed by atoms with Gasteiger partial charge in [0.2, 0.25) is 0 Å². The maximum absolute atomic E-state index is 11.6. The molecule has 0 radical (unpaired) electrons. The molecule has 0 aliphatic rings. The molecule has 0 spiro atoms. The number of carbonyl (C=O) groups is 2. The van der Waals surface area contributed by atoms with Crippen molar-refractivity contribution in [3.63, 3.8) is 0 Å². The molecular weight excluding hydrogens is 206 g/mol. The van der Waals surface area contributed by atoms with Gasteiger partial charge in [0.05, 0.1) is 6.04 Å². The predicted molar refractivity (Wildman–Crippen MR) is 63.4 cm³/mol. The van der Waals surface area contributed by atoms with E-state index in [1.807, 2.05) is 27.7 Å². The second-order valence-corrected chi connectivity index (χ2v) is 4.69. The van der Waals surface area contributed by atoms with Crippen LogP contribution in [-0.4, -0.2) is 39.9 Å². The second kappa shape index (κ2) is 6.63. The third-order valence-corrected chi connectivity index (χ3v) is 2.65. The number of hydrogen-bond donors (Lipinski definition) is 1. The summed E-state index contributed by atoms with van der Waals surface area (Å²) in [6.45, 7) is 9.63. The zero-order chi connectivity index (χ0) is 12.9. The first-order valence-electron chi connectivity index (χ1n) is 5.77. The van der Waals surface area contributed by atoms with Gasteiger partial charge in [-0.3, -0.25) is 14.5 Å². The lowest BCUT2D eigenvalue weighted by Gasteiger charge is -2.36. The molecule has 4 heteroatoms.